The minimum atomic E-state index is 0.222. The molecule has 0 aromatic heterocycles. The fourth-order valence-electron chi connectivity index (χ4n) is 2.79. The van der Waals surface area contributed by atoms with Crippen molar-refractivity contribution in [2.75, 3.05) is 0 Å². The summed E-state index contributed by atoms with van der Waals surface area (Å²) < 4.78 is 0. The summed E-state index contributed by atoms with van der Waals surface area (Å²) in [5.74, 6) is 0. The highest BCUT2D eigenvalue weighted by atomic mass is 33.1. The average Bonchev–Trinajstić information content (AvgIpc) is 3.16. The van der Waals surface area contributed by atoms with Crippen LogP contribution in [0.25, 0.3) is 0 Å². The Labute approximate surface area is 174 Å². The standard InChI is InChI=1S/C20H26S5/c1-19(2,3)16-10-14(22-24-16)12-8-7-9-13(18(12)21)15-11-17(25-23-15)20(4,5)6/h10-11H,7-9H2,1-6H3. The summed E-state index contributed by atoms with van der Waals surface area (Å²) in [6, 6.07) is 0. The van der Waals surface area contributed by atoms with E-state index in [0.29, 0.717) is 0 Å². The molecule has 136 valence electrons. The number of allylic oxidation sites excluding steroid dienone is 6. The molecule has 3 rings (SSSR count). The highest BCUT2D eigenvalue weighted by molar-refractivity contribution is 8.80. The first kappa shape index (κ1) is 20.2. The molecule has 1 saturated carbocycles. The fourth-order valence-corrected chi connectivity index (χ4v) is 9.39. The van der Waals surface area contributed by atoms with Crippen LogP contribution in [-0.4, -0.2) is 4.86 Å². The van der Waals surface area contributed by atoms with Gasteiger partial charge in [0.15, 0.2) is 0 Å². The summed E-state index contributed by atoms with van der Waals surface area (Å²) in [5, 5.41) is 0. The van der Waals surface area contributed by atoms with Crippen molar-refractivity contribution in [1.29, 1.82) is 0 Å². The zero-order valence-corrected chi connectivity index (χ0v) is 19.9. The number of thiocarbonyl (C=S) groups is 1. The number of rotatable bonds is 0. The van der Waals surface area contributed by atoms with Gasteiger partial charge in [-0.2, -0.15) is 0 Å². The zero-order chi connectivity index (χ0) is 18.4. The van der Waals surface area contributed by atoms with E-state index in [9.17, 15) is 0 Å². The van der Waals surface area contributed by atoms with E-state index in [1.54, 1.807) is 0 Å². The Hall–Kier alpha value is 0.450. The van der Waals surface area contributed by atoms with Crippen LogP contribution in [0.15, 0.2) is 42.9 Å². The maximum Gasteiger partial charge on any atom is 0.0464 e. The number of hydrogen-bond acceptors (Lipinski definition) is 5. The summed E-state index contributed by atoms with van der Waals surface area (Å²) in [7, 11) is 7.63. The summed E-state index contributed by atoms with van der Waals surface area (Å²) in [6.45, 7) is 13.7. The van der Waals surface area contributed by atoms with Gasteiger partial charge in [-0.1, -0.05) is 96.9 Å². The van der Waals surface area contributed by atoms with Crippen LogP contribution in [-0.2, 0) is 0 Å². The van der Waals surface area contributed by atoms with Gasteiger partial charge in [-0.3, -0.25) is 0 Å². The molecule has 0 aromatic carbocycles. The van der Waals surface area contributed by atoms with Gasteiger partial charge in [0.25, 0.3) is 0 Å². The lowest BCUT2D eigenvalue weighted by Crippen LogP contribution is -2.13. The highest BCUT2D eigenvalue weighted by Crippen LogP contribution is 2.56. The van der Waals surface area contributed by atoms with Crippen LogP contribution in [0.5, 0.6) is 0 Å². The summed E-state index contributed by atoms with van der Waals surface area (Å²) >= 11 is 5.97. The zero-order valence-electron chi connectivity index (χ0n) is 15.8. The Bertz CT molecular complexity index is 660. The van der Waals surface area contributed by atoms with Gasteiger partial charge in [-0.05, 0) is 53.4 Å². The molecule has 0 aromatic rings. The molecule has 0 nitrogen and oxygen atoms in total. The van der Waals surface area contributed by atoms with E-state index in [4.69, 9.17) is 12.2 Å². The van der Waals surface area contributed by atoms with E-state index in [1.807, 2.05) is 43.2 Å². The predicted molar refractivity (Wildman–Crippen MR) is 126 cm³/mol. The SMILES string of the molecule is CC(C)(C)C1=CC(=C2CCCC(=C3C=C(C(C)(C)C)SS3)C2=S)SS1. The molecular weight excluding hydrogens is 401 g/mol. The minimum absolute atomic E-state index is 0.222. The smallest absolute Gasteiger partial charge is 0.0464 e. The van der Waals surface area contributed by atoms with Crippen LogP contribution in [0.1, 0.15) is 60.8 Å². The second-order valence-electron chi connectivity index (χ2n) is 8.72. The van der Waals surface area contributed by atoms with E-state index in [-0.39, 0.29) is 10.8 Å². The summed E-state index contributed by atoms with van der Waals surface area (Å²) in [4.78, 5) is 6.84. The van der Waals surface area contributed by atoms with Gasteiger partial charge in [-0.15, -0.1) is 0 Å². The minimum Gasteiger partial charge on any atom is -0.0794 e. The van der Waals surface area contributed by atoms with Gasteiger partial charge in [0.1, 0.15) is 0 Å². The largest absolute Gasteiger partial charge is 0.0794 e. The summed E-state index contributed by atoms with van der Waals surface area (Å²) in [5.41, 5.74) is 3.26. The Morgan fingerprint density at radius 2 is 1.12 bits per heavy atom. The maximum atomic E-state index is 5.97. The van der Waals surface area contributed by atoms with Gasteiger partial charge in [0, 0.05) is 24.5 Å². The van der Waals surface area contributed by atoms with E-state index < -0.39 is 0 Å². The lowest BCUT2D eigenvalue weighted by Gasteiger charge is -2.21. The second-order valence-corrected chi connectivity index (χ2v) is 13.6. The van der Waals surface area contributed by atoms with Crippen LogP contribution in [0, 0.1) is 10.8 Å². The number of hydrogen-bond donors (Lipinski definition) is 0. The molecule has 0 radical (unpaired) electrons. The van der Waals surface area contributed by atoms with Crippen molar-refractivity contribution in [2.24, 2.45) is 10.8 Å². The molecule has 25 heavy (non-hydrogen) atoms. The highest BCUT2D eigenvalue weighted by Gasteiger charge is 2.30. The monoisotopic (exact) mass is 426 g/mol. The quantitative estimate of drug-likeness (QED) is 0.215. The molecule has 0 spiro atoms. The van der Waals surface area contributed by atoms with Crippen LogP contribution in [0.4, 0.5) is 0 Å². The lowest BCUT2D eigenvalue weighted by atomic mass is 9.88. The first-order chi connectivity index (χ1) is 11.6. The second kappa shape index (κ2) is 7.46. The molecule has 1 aliphatic carbocycles. The van der Waals surface area contributed by atoms with Gasteiger partial charge in [-0.25, -0.2) is 0 Å². The van der Waals surface area contributed by atoms with Crippen molar-refractivity contribution < 1.29 is 0 Å². The molecule has 0 N–H and O–H groups in total. The molecule has 5 heteroatoms. The lowest BCUT2D eigenvalue weighted by molar-refractivity contribution is 0.534. The van der Waals surface area contributed by atoms with E-state index in [1.165, 1.54) is 37.2 Å². The van der Waals surface area contributed by atoms with Crippen LogP contribution >= 0.6 is 55.4 Å². The van der Waals surface area contributed by atoms with Crippen molar-refractivity contribution in [3.05, 3.63) is 42.9 Å². The molecule has 0 saturated heterocycles. The van der Waals surface area contributed by atoms with E-state index in [0.717, 1.165) is 17.7 Å². The van der Waals surface area contributed by atoms with Crippen LogP contribution in [0.2, 0.25) is 0 Å². The van der Waals surface area contributed by atoms with Gasteiger partial charge < -0.3 is 0 Å². The maximum absolute atomic E-state index is 5.97. The van der Waals surface area contributed by atoms with Gasteiger partial charge >= 0.3 is 0 Å². The first-order valence-corrected chi connectivity index (χ1v) is 13.4. The molecular formula is C20H26S5. The molecule has 0 unspecified atom stereocenters. The molecule has 2 aliphatic heterocycles. The molecule has 3 aliphatic rings. The topological polar surface area (TPSA) is 0 Å². The molecule has 2 heterocycles. The predicted octanol–water partition coefficient (Wildman–Crippen LogP) is 8.70. The Morgan fingerprint density at radius 3 is 1.44 bits per heavy atom. The van der Waals surface area contributed by atoms with Crippen LogP contribution < -0.4 is 0 Å². The summed E-state index contributed by atoms with van der Waals surface area (Å²) in [6.07, 6.45) is 8.24. The van der Waals surface area contributed by atoms with Crippen molar-refractivity contribution in [3.8, 4) is 0 Å². The molecule has 1 fully saturated rings. The van der Waals surface area contributed by atoms with E-state index >= 15 is 0 Å². The van der Waals surface area contributed by atoms with Gasteiger partial charge in [0.2, 0.25) is 0 Å². The van der Waals surface area contributed by atoms with Crippen molar-refractivity contribution >= 4 is 60.3 Å². The van der Waals surface area contributed by atoms with Crippen molar-refractivity contribution in [2.45, 2.75) is 60.8 Å². The third-order valence-electron chi connectivity index (χ3n) is 4.44. The first-order valence-electron chi connectivity index (χ1n) is 8.72. The Balaban J connectivity index is 1.94. The fraction of sp³-hybridized carbons (Fsp3) is 0.550. The normalized spacial score (nSPS) is 28.5. The molecule has 0 bridgehead atoms. The third kappa shape index (κ3) is 4.48. The average molecular weight is 427 g/mol. The Kier molecular flexibility index (Phi) is 6.03. The van der Waals surface area contributed by atoms with Crippen molar-refractivity contribution in [1.82, 2.24) is 0 Å². The third-order valence-corrected chi connectivity index (χ3v) is 10.7. The molecule has 0 amide bonds. The van der Waals surface area contributed by atoms with E-state index in [2.05, 4.69) is 53.7 Å². The van der Waals surface area contributed by atoms with Crippen LogP contribution in [0.3, 0.4) is 0 Å². The van der Waals surface area contributed by atoms with Crippen molar-refractivity contribution in [3.63, 3.8) is 0 Å². The molecule has 0 atom stereocenters. The Morgan fingerprint density at radius 1 is 0.720 bits per heavy atom. The van der Waals surface area contributed by atoms with Gasteiger partial charge in [0.05, 0.1) is 0 Å².